The Kier molecular flexibility index (Phi) is 17.3. The summed E-state index contributed by atoms with van der Waals surface area (Å²) < 4.78 is 2.19. The van der Waals surface area contributed by atoms with Gasteiger partial charge in [0.15, 0.2) is 0 Å². The minimum Gasteiger partial charge on any atom is -0.344 e. The first-order valence-electron chi connectivity index (χ1n) is 12.9. The maximum absolute atomic E-state index is 4.54. The van der Waals surface area contributed by atoms with Gasteiger partial charge in [-0.15, -0.1) is 19.7 Å². The molecule has 2 heterocycles. The van der Waals surface area contributed by atoms with Crippen LogP contribution >= 0.6 is 0 Å². The van der Waals surface area contributed by atoms with Crippen LogP contribution in [0.3, 0.4) is 0 Å². The summed E-state index contributed by atoms with van der Waals surface area (Å²) in [6, 6.07) is 4.26. The molecule has 0 amide bonds. The standard InChI is InChI=1S/C22H29N3.C3H8.C3H6.C2H6.C2H4/c1-14(10-15(2)22(4,5)6)19-11-18-13-23-21(12-20(18)25(19)7)24-16(3)17-8-9-17;2*1-3-2;2*1-2/h10-13,17H,1,3,8-9H2,2,4-7H3,(H,23,24);3H2,1-2H3;3H,1H2,2H3;1-2H3;1-2H2/b15-10+;;;;. The van der Waals surface area contributed by atoms with Crippen LogP contribution < -0.4 is 5.32 Å². The molecule has 0 atom stereocenters. The van der Waals surface area contributed by atoms with Gasteiger partial charge in [-0.3, -0.25) is 0 Å². The van der Waals surface area contributed by atoms with E-state index in [4.69, 9.17) is 0 Å². The highest BCUT2D eigenvalue weighted by Gasteiger charge is 2.25. The molecule has 2 aromatic heterocycles. The molecule has 1 aliphatic carbocycles. The summed E-state index contributed by atoms with van der Waals surface area (Å²) in [5, 5.41) is 4.49. The molecule has 0 unspecified atom stereocenters. The fourth-order valence-electron chi connectivity index (χ4n) is 2.86. The molecular formula is C32H53N3. The van der Waals surface area contributed by atoms with Crippen molar-refractivity contribution in [1.82, 2.24) is 9.55 Å². The number of hydrogen-bond donors (Lipinski definition) is 1. The fraction of sp³-hybridized carbons (Fsp3) is 0.469. The van der Waals surface area contributed by atoms with Crippen molar-refractivity contribution in [1.29, 1.82) is 0 Å². The minimum atomic E-state index is 0.148. The number of pyridine rings is 1. The monoisotopic (exact) mass is 479 g/mol. The van der Waals surface area contributed by atoms with Crippen LogP contribution in [0.15, 0.2) is 74.6 Å². The molecule has 0 aliphatic heterocycles. The molecule has 1 saturated carbocycles. The number of aromatic nitrogens is 2. The van der Waals surface area contributed by atoms with Crippen LogP contribution in [0.4, 0.5) is 5.82 Å². The van der Waals surface area contributed by atoms with Crippen molar-refractivity contribution >= 4 is 22.3 Å². The van der Waals surface area contributed by atoms with E-state index >= 15 is 0 Å². The van der Waals surface area contributed by atoms with Gasteiger partial charge in [0.2, 0.25) is 0 Å². The summed E-state index contributed by atoms with van der Waals surface area (Å²) in [7, 11) is 2.09. The summed E-state index contributed by atoms with van der Waals surface area (Å²) in [4.78, 5) is 4.54. The third kappa shape index (κ3) is 11.9. The first-order valence-corrected chi connectivity index (χ1v) is 12.9. The Morgan fingerprint density at radius 2 is 1.63 bits per heavy atom. The number of aryl methyl sites for hydroxylation is 1. The highest BCUT2D eigenvalue weighted by molar-refractivity contribution is 5.88. The lowest BCUT2D eigenvalue weighted by Gasteiger charge is -2.20. The van der Waals surface area contributed by atoms with Crippen LogP contribution in [0.5, 0.6) is 0 Å². The molecule has 0 bridgehead atoms. The van der Waals surface area contributed by atoms with Crippen LogP contribution in [0.2, 0.25) is 0 Å². The number of nitrogens with zero attached hydrogens (tertiary/aromatic N) is 2. The third-order valence-corrected chi connectivity index (χ3v) is 5.19. The normalized spacial score (nSPS) is 12.2. The van der Waals surface area contributed by atoms with Gasteiger partial charge in [0.25, 0.3) is 0 Å². The molecule has 0 radical (unpaired) electrons. The van der Waals surface area contributed by atoms with Crippen molar-refractivity contribution in [2.45, 2.75) is 81.6 Å². The number of anilines is 1. The lowest BCUT2D eigenvalue weighted by Crippen LogP contribution is -2.06. The zero-order valence-electron chi connectivity index (χ0n) is 24.5. The summed E-state index contributed by atoms with van der Waals surface area (Å²) in [5.41, 5.74) is 5.86. The number of allylic oxidation sites excluding steroid dienone is 5. The molecule has 2 aromatic rings. The largest absolute Gasteiger partial charge is 0.344 e. The second-order valence-corrected chi connectivity index (χ2v) is 9.36. The smallest absolute Gasteiger partial charge is 0.132 e. The molecule has 0 saturated heterocycles. The van der Waals surface area contributed by atoms with Gasteiger partial charge >= 0.3 is 0 Å². The van der Waals surface area contributed by atoms with E-state index < -0.39 is 0 Å². The Bertz CT molecular complexity index is 947. The van der Waals surface area contributed by atoms with Crippen molar-refractivity contribution in [3.05, 3.63) is 80.3 Å². The average Bonchev–Trinajstić information content (AvgIpc) is 3.61. The van der Waals surface area contributed by atoms with E-state index in [9.17, 15) is 0 Å². The van der Waals surface area contributed by atoms with Crippen LogP contribution in [0.1, 0.15) is 87.3 Å². The summed E-state index contributed by atoms with van der Waals surface area (Å²) in [6.07, 6.45) is 9.59. The first kappa shape index (κ1) is 34.4. The molecule has 1 fully saturated rings. The molecule has 1 N–H and O–H groups in total. The van der Waals surface area contributed by atoms with Gasteiger partial charge in [0, 0.05) is 36.1 Å². The second kappa shape index (κ2) is 17.6. The molecule has 0 aromatic carbocycles. The number of hydrogen-bond acceptors (Lipinski definition) is 2. The zero-order chi connectivity index (χ0) is 27.8. The minimum absolute atomic E-state index is 0.148. The van der Waals surface area contributed by atoms with Crippen molar-refractivity contribution in [2.75, 3.05) is 5.32 Å². The van der Waals surface area contributed by atoms with Crippen molar-refractivity contribution < 1.29 is 0 Å². The van der Waals surface area contributed by atoms with Gasteiger partial charge in [-0.25, -0.2) is 4.98 Å². The lowest BCUT2D eigenvalue weighted by molar-refractivity contribution is 0.504. The highest BCUT2D eigenvalue weighted by Crippen LogP contribution is 2.36. The van der Waals surface area contributed by atoms with E-state index in [1.165, 1.54) is 24.8 Å². The number of fused-ring (bicyclic) bond motifs is 1. The van der Waals surface area contributed by atoms with E-state index in [0.717, 1.165) is 33.7 Å². The number of nitrogens with one attached hydrogen (secondary N) is 1. The maximum Gasteiger partial charge on any atom is 0.132 e. The third-order valence-electron chi connectivity index (χ3n) is 5.19. The summed E-state index contributed by atoms with van der Waals surface area (Å²) in [6.45, 7) is 36.8. The Labute approximate surface area is 217 Å². The Morgan fingerprint density at radius 1 is 1.14 bits per heavy atom. The molecule has 196 valence electrons. The SMILES string of the molecule is C=C.C=C(/C=C(\C)C(C)(C)C)c1cc2cnc(NC(=C)C3CC3)cc2n1C.C=CC.CC.CCC. The molecule has 1 aliphatic rings. The van der Waals surface area contributed by atoms with Crippen LogP contribution in [0.25, 0.3) is 16.5 Å². The van der Waals surface area contributed by atoms with Crippen LogP contribution in [-0.4, -0.2) is 9.55 Å². The van der Waals surface area contributed by atoms with Crippen molar-refractivity contribution in [3.63, 3.8) is 0 Å². The highest BCUT2D eigenvalue weighted by atomic mass is 15.0. The summed E-state index contributed by atoms with van der Waals surface area (Å²) >= 11 is 0. The predicted octanol–water partition coefficient (Wildman–Crippen LogP) is 10.4. The van der Waals surface area contributed by atoms with Gasteiger partial charge in [0.1, 0.15) is 5.82 Å². The first-order chi connectivity index (χ1) is 16.5. The number of rotatable bonds is 5. The van der Waals surface area contributed by atoms with E-state index in [-0.39, 0.29) is 5.41 Å². The predicted molar refractivity (Wildman–Crippen MR) is 163 cm³/mol. The van der Waals surface area contributed by atoms with Crippen LogP contribution in [0, 0.1) is 11.3 Å². The topological polar surface area (TPSA) is 29.9 Å². The van der Waals surface area contributed by atoms with Gasteiger partial charge in [0.05, 0.1) is 5.52 Å². The summed E-state index contributed by atoms with van der Waals surface area (Å²) in [5.74, 6) is 1.48. The zero-order valence-corrected chi connectivity index (χ0v) is 24.5. The van der Waals surface area contributed by atoms with Gasteiger partial charge in [-0.05, 0) is 49.7 Å². The quantitative estimate of drug-likeness (QED) is 0.341. The Balaban J connectivity index is 0. The van der Waals surface area contributed by atoms with E-state index in [1.54, 1.807) is 6.08 Å². The van der Waals surface area contributed by atoms with Gasteiger partial charge < -0.3 is 9.88 Å². The van der Waals surface area contributed by atoms with Crippen molar-refractivity contribution in [2.24, 2.45) is 18.4 Å². The van der Waals surface area contributed by atoms with Crippen molar-refractivity contribution in [3.8, 4) is 0 Å². The van der Waals surface area contributed by atoms with Gasteiger partial charge in [-0.1, -0.05) is 85.8 Å². The molecule has 3 nitrogen and oxygen atoms in total. The molecular weight excluding hydrogens is 426 g/mol. The van der Waals surface area contributed by atoms with Crippen LogP contribution in [-0.2, 0) is 7.05 Å². The molecule has 3 rings (SSSR count). The second-order valence-electron chi connectivity index (χ2n) is 9.36. The maximum atomic E-state index is 4.54. The molecule has 35 heavy (non-hydrogen) atoms. The average molecular weight is 480 g/mol. The molecule has 3 heteroatoms. The Morgan fingerprint density at radius 3 is 2.06 bits per heavy atom. The van der Waals surface area contributed by atoms with E-state index in [2.05, 4.69) is 115 Å². The van der Waals surface area contributed by atoms with E-state index in [1.807, 2.05) is 27.0 Å². The molecule has 0 spiro atoms. The van der Waals surface area contributed by atoms with Gasteiger partial charge in [-0.2, -0.15) is 0 Å². The fourth-order valence-corrected chi connectivity index (χ4v) is 2.86. The van der Waals surface area contributed by atoms with E-state index in [0.29, 0.717) is 5.92 Å². The Hall–Kier alpha value is -2.81. The lowest BCUT2D eigenvalue weighted by atomic mass is 9.86.